The van der Waals surface area contributed by atoms with Crippen molar-refractivity contribution >= 4 is 6.03 Å². The lowest BCUT2D eigenvalue weighted by molar-refractivity contribution is -0.153. The summed E-state index contributed by atoms with van der Waals surface area (Å²) in [5.41, 5.74) is 0.407. The van der Waals surface area contributed by atoms with Crippen LogP contribution in [0.2, 0.25) is 0 Å². The summed E-state index contributed by atoms with van der Waals surface area (Å²) in [4.78, 5) is 20.8. The van der Waals surface area contributed by atoms with E-state index in [-0.39, 0.29) is 12.3 Å². The first-order valence-corrected chi connectivity index (χ1v) is 6.76. The summed E-state index contributed by atoms with van der Waals surface area (Å²) in [6.07, 6.45) is -0.0891. The first kappa shape index (κ1) is 16.3. The number of hydroxylamine groups is 2. The van der Waals surface area contributed by atoms with Gasteiger partial charge in [0, 0.05) is 18.3 Å². The number of aromatic nitrogens is 1. The summed E-state index contributed by atoms with van der Waals surface area (Å²) in [7, 11) is 0. The third-order valence-corrected chi connectivity index (χ3v) is 2.92. The van der Waals surface area contributed by atoms with Crippen LogP contribution in [0.15, 0.2) is 18.5 Å². The van der Waals surface area contributed by atoms with Gasteiger partial charge in [0.2, 0.25) is 0 Å². The zero-order valence-electron chi connectivity index (χ0n) is 11.7. The van der Waals surface area contributed by atoms with Gasteiger partial charge in [-0.1, -0.05) is 0 Å². The summed E-state index contributed by atoms with van der Waals surface area (Å²) in [5.74, 6) is -0.0142. The Balaban J connectivity index is 1.90. The molecule has 2 heterocycles. The molecule has 22 heavy (non-hydrogen) atoms. The molecule has 0 aliphatic carbocycles. The fourth-order valence-electron chi connectivity index (χ4n) is 1.86. The number of pyridine rings is 1. The molecule has 0 spiro atoms. The molecule has 0 bridgehead atoms. The molecule has 0 radical (unpaired) electrons. The average molecular weight is 319 g/mol. The number of nitrogens with one attached hydrogen (secondary N) is 1. The Bertz CT molecular complexity index is 505. The van der Waals surface area contributed by atoms with Crippen molar-refractivity contribution in [1.82, 2.24) is 15.4 Å². The lowest BCUT2D eigenvalue weighted by atomic mass is 10.2. The third-order valence-electron chi connectivity index (χ3n) is 2.92. The number of urea groups is 1. The fourth-order valence-corrected chi connectivity index (χ4v) is 1.86. The van der Waals surface area contributed by atoms with Crippen molar-refractivity contribution < 1.29 is 27.5 Å². The number of nitrogens with zero attached hydrogens (tertiary/aromatic N) is 2. The van der Waals surface area contributed by atoms with Gasteiger partial charge in [0.1, 0.15) is 5.75 Å². The lowest BCUT2D eigenvalue weighted by Gasteiger charge is -2.26. The van der Waals surface area contributed by atoms with E-state index < -0.39 is 18.8 Å². The molecule has 0 aromatic carbocycles. The Hall–Kier alpha value is -2.03. The van der Waals surface area contributed by atoms with E-state index in [2.05, 4.69) is 10.3 Å². The Kier molecular flexibility index (Phi) is 5.42. The minimum Gasteiger partial charge on any atom is -0.482 e. The second-order valence-corrected chi connectivity index (χ2v) is 4.69. The van der Waals surface area contributed by atoms with E-state index in [1.54, 1.807) is 0 Å². The lowest BCUT2D eigenvalue weighted by Crippen LogP contribution is -2.42. The van der Waals surface area contributed by atoms with E-state index in [0.717, 1.165) is 12.8 Å². The van der Waals surface area contributed by atoms with Crippen LogP contribution in [0.3, 0.4) is 0 Å². The molecule has 1 aromatic heterocycles. The van der Waals surface area contributed by atoms with Crippen LogP contribution in [0.4, 0.5) is 18.0 Å². The zero-order valence-corrected chi connectivity index (χ0v) is 11.7. The molecule has 2 amide bonds. The Labute approximate surface area is 125 Å². The molecule has 0 atom stereocenters. The van der Waals surface area contributed by atoms with Crippen molar-refractivity contribution in [2.24, 2.45) is 0 Å². The van der Waals surface area contributed by atoms with E-state index in [9.17, 15) is 18.0 Å². The van der Waals surface area contributed by atoms with Crippen LogP contribution in [-0.2, 0) is 11.4 Å². The molecule has 1 N–H and O–H groups in total. The molecule has 1 aromatic rings. The van der Waals surface area contributed by atoms with Gasteiger partial charge in [0.05, 0.1) is 19.3 Å². The monoisotopic (exact) mass is 319 g/mol. The molecule has 1 fully saturated rings. The normalized spacial score (nSPS) is 15.5. The highest BCUT2D eigenvalue weighted by Crippen LogP contribution is 2.21. The van der Waals surface area contributed by atoms with Crippen molar-refractivity contribution in [2.45, 2.75) is 25.6 Å². The number of rotatable bonds is 4. The van der Waals surface area contributed by atoms with Gasteiger partial charge in [-0.25, -0.2) is 9.86 Å². The highest BCUT2D eigenvalue weighted by atomic mass is 19.4. The predicted molar refractivity (Wildman–Crippen MR) is 69.9 cm³/mol. The molecule has 6 nitrogen and oxygen atoms in total. The van der Waals surface area contributed by atoms with Gasteiger partial charge in [0.15, 0.2) is 6.61 Å². The van der Waals surface area contributed by atoms with Gasteiger partial charge in [-0.15, -0.1) is 0 Å². The highest BCUT2D eigenvalue weighted by molar-refractivity contribution is 5.73. The summed E-state index contributed by atoms with van der Waals surface area (Å²) in [5, 5.41) is 3.79. The van der Waals surface area contributed by atoms with Crippen LogP contribution in [0, 0.1) is 0 Å². The van der Waals surface area contributed by atoms with Crippen molar-refractivity contribution in [1.29, 1.82) is 0 Å². The number of carbonyl (C=O) groups is 1. The van der Waals surface area contributed by atoms with Crippen LogP contribution < -0.4 is 10.1 Å². The minimum absolute atomic E-state index is 0.0142. The van der Waals surface area contributed by atoms with Crippen molar-refractivity contribution in [3.05, 3.63) is 24.0 Å². The van der Waals surface area contributed by atoms with Crippen LogP contribution in [0.5, 0.6) is 5.75 Å². The standard InChI is InChI=1S/C13H16F3N3O3/c14-13(15,16)9-21-11-8-17-4-3-10(11)7-18-12(20)19-5-1-2-6-22-19/h3-4,8H,1-2,5-7,9H2,(H,18,20). The van der Waals surface area contributed by atoms with Crippen LogP contribution in [0.1, 0.15) is 18.4 Å². The molecule has 1 aliphatic heterocycles. The molecule has 9 heteroatoms. The second-order valence-electron chi connectivity index (χ2n) is 4.69. The number of halogens is 3. The third kappa shape index (κ3) is 5.06. The molecular weight excluding hydrogens is 303 g/mol. The van der Waals surface area contributed by atoms with Gasteiger partial charge in [-0.3, -0.25) is 9.82 Å². The highest BCUT2D eigenvalue weighted by Gasteiger charge is 2.29. The Morgan fingerprint density at radius 2 is 2.27 bits per heavy atom. The summed E-state index contributed by atoms with van der Waals surface area (Å²) in [6.45, 7) is -0.425. The molecule has 1 aliphatic rings. The fraction of sp³-hybridized carbons (Fsp3) is 0.538. The van der Waals surface area contributed by atoms with Crippen LogP contribution in [0.25, 0.3) is 0 Å². The van der Waals surface area contributed by atoms with E-state index >= 15 is 0 Å². The quantitative estimate of drug-likeness (QED) is 0.924. The molecule has 2 rings (SSSR count). The molecule has 0 saturated carbocycles. The number of alkyl halides is 3. The first-order chi connectivity index (χ1) is 10.5. The molecule has 1 saturated heterocycles. The first-order valence-electron chi connectivity index (χ1n) is 6.76. The maximum absolute atomic E-state index is 12.2. The maximum Gasteiger partial charge on any atom is 0.422 e. The number of ether oxygens (including phenoxy) is 1. The van der Waals surface area contributed by atoms with Gasteiger partial charge < -0.3 is 10.1 Å². The smallest absolute Gasteiger partial charge is 0.422 e. The summed E-state index contributed by atoms with van der Waals surface area (Å²) in [6, 6.07) is 1.06. The van der Waals surface area contributed by atoms with Crippen LogP contribution >= 0.6 is 0 Å². The molecule has 0 unspecified atom stereocenters. The second kappa shape index (κ2) is 7.30. The topological polar surface area (TPSA) is 63.7 Å². The maximum atomic E-state index is 12.2. The Morgan fingerprint density at radius 1 is 1.45 bits per heavy atom. The summed E-state index contributed by atoms with van der Waals surface area (Å²) >= 11 is 0. The SMILES string of the molecule is O=C(NCc1ccncc1OCC(F)(F)F)N1CCCCO1. The van der Waals surface area contributed by atoms with Crippen molar-refractivity contribution in [3.63, 3.8) is 0 Å². The summed E-state index contributed by atoms with van der Waals surface area (Å²) < 4.78 is 41.3. The van der Waals surface area contributed by atoms with E-state index in [0.29, 0.717) is 18.7 Å². The molecular formula is C13H16F3N3O3. The van der Waals surface area contributed by atoms with Gasteiger partial charge >= 0.3 is 12.2 Å². The average Bonchev–Trinajstić information content (AvgIpc) is 2.51. The minimum atomic E-state index is -4.43. The Morgan fingerprint density at radius 3 is 2.95 bits per heavy atom. The number of hydrogen-bond donors (Lipinski definition) is 1. The van der Waals surface area contributed by atoms with Gasteiger partial charge in [-0.05, 0) is 18.9 Å². The van der Waals surface area contributed by atoms with E-state index in [1.807, 2.05) is 0 Å². The number of hydrogen-bond acceptors (Lipinski definition) is 4. The zero-order chi connectivity index (χ0) is 16.0. The van der Waals surface area contributed by atoms with Crippen LogP contribution in [-0.4, -0.2) is 42.0 Å². The number of amides is 2. The van der Waals surface area contributed by atoms with E-state index in [4.69, 9.17) is 9.57 Å². The van der Waals surface area contributed by atoms with E-state index in [1.165, 1.54) is 23.5 Å². The number of carbonyl (C=O) groups excluding carboxylic acids is 1. The largest absolute Gasteiger partial charge is 0.482 e. The predicted octanol–water partition coefficient (Wildman–Crippen LogP) is 2.26. The van der Waals surface area contributed by atoms with Crippen molar-refractivity contribution in [3.8, 4) is 5.75 Å². The van der Waals surface area contributed by atoms with Gasteiger partial charge in [-0.2, -0.15) is 13.2 Å². The molecule has 122 valence electrons. The van der Waals surface area contributed by atoms with Gasteiger partial charge in [0.25, 0.3) is 0 Å². The van der Waals surface area contributed by atoms with Crippen molar-refractivity contribution in [2.75, 3.05) is 19.8 Å².